The number of carbonyl (C=O) groups is 1. The lowest BCUT2D eigenvalue weighted by Gasteiger charge is -2.08. The summed E-state index contributed by atoms with van der Waals surface area (Å²) < 4.78 is 2.39. The lowest BCUT2D eigenvalue weighted by Crippen LogP contribution is -2.22. The quantitative estimate of drug-likeness (QED) is 0.691. The van der Waals surface area contributed by atoms with Gasteiger partial charge in [-0.2, -0.15) is 10.4 Å². The zero-order valence-electron chi connectivity index (χ0n) is 13.2. The van der Waals surface area contributed by atoms with E-state index in [4.69, 9.17) is 5.26 Å². The molecule has 2 aromatic heterocycles. The van der Waals surface area contributed by atoms with Gasteiger partial charge >= 0.3 is 0 Å². The number of aryl methyl sites for hydroxylation is 1. The minimum absolute atomic E-state index is 0.0277. The van der Waals surface area contributed by atoms with Crippen LogP contribution in [0.4, 0.5) is 5.13 Å². The molecule has 2 heterocycles. The van der Waals surface area contributed by atoms with E-state index in [1.54, 1.807) is 24.3 Å². The number of benzene rings is 1. The molecule has 1 aromatic carbocycles. The number of thioether (sulfide) groups is 1. The standard InChI is InChI=1S/C16H13N5O2S2/c1-10-15(24-7-6-17)25-16(19-10)20-14(23)9-21-12-5-3-2-4-11(12)13(22)8-18-21/h2-5,8H,7,9H2,1H3,(H,19,20,23). The number of hydrogen-bond acceptors (Lipinski definition) is 7. The maximum atomic E-state index is 12.3. The summed E-state index contributed by atoms with van der Waals surface area (Å²) in [6.45, 7) is 1.81. The normalized spacial score (nSPS) is 10.6. The third kappa shape index (κ3) is 3.87. The zero-order chi connectivity index (χ0) is 17.8. The third-order valence-electron chi connectivity index (χ3n) is 3.32. The van der Waals surface area contributed by atoms with E-state index in [9.17, 15) is 9.59 Å². The van der Waals surface area contributed by atoms with Gasteiger partial charge in [-0.05, 0) is 19.1 Å². The second-order valence-corrected chi connectivity index (χ2v) is 7.31. The summed E-state index contributed by atoms with van der Waals surface area (Å²) in [5.74, 6) is 0.0517. The number of rotatable bonds is 5. The van der Waals surface area contributed by atoms with Gasteiger partial charge in [0.2, 0.25) is 11.3 Å². The molecule has 0 aliphatic rings. The van der Waals surface area contributed by atoms with Gasteiger partial charge in [-0.15, -0.1) is 0 Å². The van der Waals surface area contributed by atoms with E-state index in [-0.39, 0.29) is 17.9 Å². The Morgan fingerprint density at radius 3 is 3.04 bits per heavy atom. The fourth-order valence-electron chi connectivity index (χ4n) is 2.25. The summed E-state index contributed by atoms with van der Waals surface area (Å²) in [6, 6.07) is 9.08. The van der Waals surface area contributed by atoms with E-state index in [1.165, 1.54) is 34.0 Å². The van der Waals surface area contributed by atoms with Crippen LogP contribution in [0.5, 0.6) is 0 Å². The Kier molecular flexibility index (Phi) is 5.11. The second kappa shape index (κ2) is 7.46. The number of hydrogen-bond donors (Lipinski definition) is 1. The van der Waals surface area contributed by atoms with Crippen molar-refractivity contribution in [2.24, 2.45) is 0 Å². The topological polar surface area (TPSA) is 101 Å². The first-order valence-electron chi connectivity index (χ1n) is 7.30. The van der Waals surface area contributed by atoms with Crippen LogP contribution in [0.15, 0.2) is 39.5 Å². The Bertz CT molecular complexity index is 1030. The Labute approximate surface area is 151 Å². The van der Waals surface area contributed by atoms with Crippen molar-refractivity contribution < 1.29 is 4.79 Å². The van der Waals surface area contributed by atoms with Gasteiger partial charge in [0, 0.05) is 5.39 Å². The number of para-hydroxylation sites is 1. The maximum Gasteiger partial charge on any atom is 0.247 e. The van der Waals surface area contributed by atoms with Crippen molar-refractivity contribution in [3.8, 4) is 6.07 Å². The van der Waals surface area contributed by atoms with Crippen LogP contribution in [0.2, 0.25) is 0 Å². The van der Waals surface area contributed by atoms with Crippen molar-refractivity contribution in [2.75, 3.05) is 11.1 Å². The number of nitrogens with zero attached hydrogens (tertiary/aromatic N) is 4. The molecule has 0 unspecified atom stereocenters. The van der Waals surface area contributed by atoms with E-state index in [0.29, 0.717) is 21.8 Å². The SMILES string of the molecule is Cc1nc(NC(=O)Cn2ncc(=O)c3ccccc32)sc1SCC#N. The monoisotopic (exact) mass is 371 g/mol. The smallest absolute Gasteiger partial charge is 0.247 e. The minimum Gasteiger partial charge on any atom is -0.300 e. The van der Waals surface area contributed by atoms with Crippen LogP contribution < -0.4 is 10.7 Å². The molecule has 0 fully saturated rings. The van der Waals surface area contributed by atoms with Crippen LogP contribution in [-0.2, 0) is 11.3 Å². The highest BCUT2D eigenvalue weighted by molar-refractivity contribution is 8.01. The van der Waals surface area contributed by atoms with Gasteiger partial charge in [0.25, 0.3) is 0 Å². The maximum absolute atomic E-state index is 12.3. The first-order chi connectivity index (χ1) is 12.1. The van der Waals surface area contributed by atoms with E-state index >= 15 is 0 Å². The first kappa shape index (κ1) is 17.1. The molecule has 1 N–H and O–H groups in total. The molecule has 0 radical (unpaired) electrons. The lowest BCUT2D eigenvalue weighted by atomic mass is 10.2. The van der Waals surface area contributed by atoms with Gasteiger partial charge in [-0.25, -0.2) is 4.98 Å². The predicted molar refractivity (Wildman–Crippen MR) is 97.8 cm³/mol. The van der Waals surface area contributed by atoms with Gasteiger partial charge in [0.05, 0.1) is 33.4 Å². The van der Waals surface area contributed by atoms with Gasteiger partial charge in [-0.1, -0.05) is 35.2 Å². The van der Waals surface area contributed by atoms with Crippen LogP contribution in [-0.4, -0.2) is 26.4 Å². The van der Waals surface area contributed by atoms with E-state index in [0.717, 1.165) is 9.90 Å². The molecule has 0 spiro atoms. The summed E-state index contributed by atoms with van der Waals surface area (Å²) in [7, 11) is 0. The number of aromatic nitrogens is 3. The van der Waals surface area contributed by atoms with Crippen LogP contribution in [0, 0.1) is 18.3 Å². The number of anilines is 1. The molecule has 0 saturated carbocycles. The van der Waals surface area contributed by atoms with Crippen LogP contribution in [0.3, 0.4) is 0 Å². The fraction of sp³-hybridized carbons (Fsp3) is 0.188. The Balaban J connectivity index is 1.77. The van der Waals surface area contributed by atoms with E-state index in [2.05, 4.69) is 21.5 Å². The summed E-state index contributed by atoms with van der Waals surface area (Å²) in [5, 5.41) is 16.4. The largest absolute Gasteiger partial charge is 0.300 e. The second-order valence-electron chi connectivity index (χ2n) is 5.07. The molecule has 3 rings (SSSR count). The Hall–Kier alpha value is -2.70. The zero-order valence-corrected chi connectivity index (χ0v) is 14.9. The van der Waals surface area contributed by atoms with Crippen molar-refractivity contribution in [1.82, 2.24) is 14.8 Å². The molecule has 1 amide bonds. The summed E-state index contributed by atoms with van der Waals surface area (Å²) in [4.78, 5) is 28.4. The van der Waals surface area contributed by atoms with Gasteiger partial charge < -0.3 is 5.32 Å². The molecule has 126 valence electrons. The predicted octanol–water partition coefficient (Wildman–Crippen LogP) is 2.42. The van der Waals surface area contributed by atoms with Crippen molar-refractivity contribution >= 4 is 45.0 Å². The summed E-state index contributed by atoms with van der Waals surface area (Å²) in [6.07, 6.45) is 1.21. The minimum atomic E-state index is -0.285. The number of nitriles is 1. The number of carbonyl (C=O) groups excluding carboxylic acids is 1. The summed E-state index contributed by atoms with van der Waals surface area (Å²) >= 11 is 2.73. The molecule has 9 heteroatoms. The van der Waals surface area contributed by atoms with Crippen LogP contribution in [0.25, 0.3) is 10.9 Å². The first-order valence-corrected chi connectivity index (χ1v) is 9.10. The number of amides is 1. The molecule has 0 atom stereocenters. The Morgan fingerprint density at radius 1 is 1.44 bits per heavy atom. The van der Waals surface area contributed by atoms with Crippen LogP contribution in [0.1, 0.15) is 5.69 Å². The number of thiazole rings is 1. The lowest BCUT2D eigenvalue weighted by molar-refractivity contribution is -0.116. The van der Waals surface area contributed by atoms with E-state index in [1.807, 2.05) is 6.92 Å². The van der Waals surface area contributed by atoms with Gasteiger partial charge in [0.15, 0.2) is 5.13 Å². The molecular formula is C16H13N5O2S2. The molecular weight excluding hydrogens is 358 g/mol. The van der Waals surface area contributed by atoms with Crippen LogP contribution >= 0.6 is 23.1 Å². The third-order valence-corrected chi connectivity index (χ3v) is 5.63. The summed E-state index contributed by atoms with van der Waals surface area (Å²) in [5.41, 5.74) is 1.21. The van der Waals surface area contributed by atoms with Crippen molar-refractivity contribution in [1.29, 1.82) is 5.26 Å². The van der Waals surface area contributed by atoms with Crippen molar-refractivity contribution in [2.45, 2.75) is 17.7 Å². The molecule has 0 aliphatic heterocycles. The average Bonchev–Trinajstić information content (AvgIpc) is 2.95. The molecule has 3 aromatic rings. The molecule has 0 bridgehead atoms. The Morgan fingerprint density at radius 2 is 2.24 bits per heavy atom. The van der Waals surface area contributed by atoms with Crippen molar-refractivity contribution in [3.63, 3.8) is 0 Å². The number of fused-ring (bicyclic) bond motifs is 1. The molecule has 0 saturated heterocycles. The molecule has 25 heavy (non-hydrogen) atoms. The average molecular weight is 371 g/mol. The number of nitrogens with one attached hydrogen (secondary N) is 1. The highest BCUT2D eigenvalue weighted by Gasteiger charge is 2.12. The van der Waals surface area contributed by atoms with Gasteiger partial charge in [-0.3, -0.25) is 14.3 Å². The molecule has 7 nitrogen and oxygen atoms in total. The van der Waals surface area contributed by atoms with Gasteiger partial charge in [0.1, 0.15) is 6.54 Å². The fourth-order valence-corrected chi connectivity index (χ4v) is 4.07. The van der Waals surface area contributed by atoms with E-state index < -0.39 is 0 Å². The van der Waals surface area contributed by atoms with Crippen molar-refractivity contribution in [3.05, 3.63) is 46.4 Å². The highest BCUT2D eigenvalue weighted by Crippen LogP contribution is 2.31. The highest BCUT2D eigenvalue weighted by atomic mass is 32.2. The molecule has 0 aliphatic carbocycles.